The van der Waals surface area contributed by atoms with E-state index in [1.807, 2.05) is 36.4 Å². The molecule has 2 aromatic carbocycles. The third kappa shape index (κ3) is 1.64. The lowest BCUT2D eigenvalue weighted by atomic mass is 10.0. The lowest BCUT2D eigenvalue weighted by molar-refractivity contribution is 0.319. The van der Waals surface area contributed by atoms with E-state index in [4.69, 9.17) is 14.4 Å². The Bertz CT molecular complexity index is 787. The van der Waals surface area contributed by atoms with E-state index in [-0.39, 0.29) is 0 Å². The first kappa shape index (κ1) is 11.6. The summed E-state index contributed by atoms with van der Waals surface area (Å²) in [5.74, 6) is 0.667. The molecular weight excluding hydrogens is 242 g/mol. The molecule has 0 saturated carbocycles. The van der Waals surface area contributed by atoms with E-state index in [0.29, 0.717) is 17.0 Å². The zero-order valence-corrected chi connectivity index (χ0v) is 10.7. The smallest absolute Gasteiger partial charge is 0.177 e. The molecule has 0 spiro atoms. The third-order valence-electron chi connectivity index (χ3n) is 3.25. The first-order chi connectivity index (χ1) is 9.26. The SMILES string of the molecule is COc1ccc(/C(C)=N/O)c2c1oc1ccccc12. The summed E-state index contributed by atoms with van der Waals surface area (Å²) in [7, 11) is 1.61. The van der Waals surface area contributed by atoms with Crippen molar-refractivity contribution in [1.29, 1.82) is 0 Å². The molecule has 0 saturated heterocycles. The van der Waals surface area contributed by atoms with Crippen molar-refractivity contribution in [2.45, 2.75) is 6.92 Å². The van der Waals surface area contributed by atoms with Gasteiger partial charge in [-0.1, -0.05) is 23.4 Å². The number of rotatable bonds is 2. The van der Waals surface area contributed by atoms with E-state index in [9.17, 15) is 0 Å². The first-order valence-electron chi connectivity index (χ1n) is 5.93. The minimum Gasteiger partial charge on any atom is -0.493 e. The van der Waals surface area contributed by atoms with Crippen LogP contribution in [0, 0.1) is 0 Å². The zero-order valence-electron chi connectivity index (χ0n) is 10.7. The average Bonchev–Trinajstić information content (AvgIpc) is 2.85. The highest BCUT2D eigenvalue weighted by Crippen LogP contribution is 2.37. The van der Waals surface area contributed by atoms with Gasteiger partial charge < -0.3 is 14.4 Å². The quantitative estimate of drug-likeness (QED) is 0.430. The molecule has 1 heterocycles. The van der Waals surface area contributed by atoms with Gasteiger partial charge in [-0.15, -0.1) is 0 Å². The first-order valence-corrected chi connectivity index (χ1v) is 5.93. The number of benzene rings is 2. The van der Waals surface area contributed by atoms with Gasteiger partial charge in [-0.05, 0) is 25.1 Å². The van der Waals surface area contributed by atoms with Crippen LogP contribution in [0.15, 0.2) is 46.0 Å². The molecular formula is C15H13NO3. The van der Waals surface area contributed by atoms with Crippen LogP contribution in [0.1, 0.15) is 12.5 Å². The molecule has 0 unspecified atom stereocenters. The Labute approximate surface area is 109 Å². The fourth-order valence-electron chi connectivity index (χ4n) is 2.32. The number of para-hydroxylation sites is 1. The second kappa shape index (κ2) is 4.31. The molecule has 96 valence electrons. The molecule has 1 aromatic heterocycles. The number of furan rings is 1. The maximum absolute atomic E-state index is 9.01. The Kier molecular flexibility index (Phi) is 2.63. The minimum absolute atomic E-state index is 0.541. The highest BCUT2D eigenvalue weighted by molar-refractivity contribution is 6.18. The molecule has 0 radical (unpaired) electrons. The molecule has 4 nitrogen and oxygen atoms in total. The topological polar surface area (TPSA) is 55.0 Å². The molecule has 3 aromatic rings. The molecule has 1 N–H and O–H groups in total. The Morgan fingerprint density at radius 3 is 2.74 bits per heavy atom. The number of oxime groups is 1. The van der Waals surface area contributed by atoms with Crippen LogP contribution < -0.4 is 4.74 Å². The maximum atomic E-state index is 9.01. The van der Waals surface area contributed by atoms with Gasteiger partial charge in [0.1, 0.15) is 5.58 Å². The van der Waals surface area contributed by atoms with Gasteiger partial charge in [-0.2, -0.15) is 0 Å². The third-order valence-corrected chi connectivity index (χ3v) is 3.25. The van der Waals surface area contributed by atoms with Crippen molar-refractivity contribution in [2.75, 3.05) is 7.11 Å². The van der Waals surface area contributed by atoms with E-state index < -0.39 is 0 Å². The molecule has 0 aliphatic heterocycles. The second-order valence-corrected chi connectivity index (χ2v) is 4.30. The van der Waals surface area contributed by atoms with Gasteiger partial charge in [0.15, 0.2) is 11.3 Å². The van der Waals surface area contributed by atoms with Crippen molar-refractivity contribution in [1.82, 2.24) is 0 Å². The molecule has 0 fully saturated rings. The van der Waals surface area contributed by atoms with Gasteiger partial charge in [0.25, 0.3) is 0 Å². The van der Waals surface area contributed by atoms with Crippen molar-refractivity contribution in [3.05, 3.63) is 42.0 Å². The molecule has 3 rings (SSSR count). The maximum Gasteiger partial charge on any atom is 0.177 e. The number of methoxy groups -OCH3 is 1. The van der Waals surface area contributed by atoms with Gasteiger partial charge in [-0.25, -0.2) is 0 Å². The Morgan fingerprint density at radius 2 is 2.00 bits per heavy atom. The Morgan fingerprint density at radius 1 is 1.21 bits per heavy atom. The van der Waals surface area contributed by atoms with Gasteiger partial charge in [0.2, 0.25) is 0 Å². The van der Waals surface area contributed by atoms with Gasteiger partial charge >= 0.3 is 0 Å². The molecule has 0 atom stereocenters. The molecule has 0 aliphatic carbocycles. The predicted octanol–water partition coefficient (Wildman–Crippen LogP) is 3.79. The van der Waals surface area contributed by atoms with Gasteiger partial charge in [0.05, 0.1) is 12.8 Å². The molecule has 0 bridgehead atoms. The fraction of sp³-hybridized carbons (Fsp3) is 0.133. The largest absolute Gasteiger partial charge is 0.493 e. The second-order valence-electron chi connectivity index (χ2n) is 4.30. The number of ether oxygens (including phenoxy) is 1. The van der Waals surface area contributed by atoms with E-state index >= 15 is 0 Å². The standard InChI is InChI=1S/C15H13NO3/c1-9(16-17)10-7-8-13(18-2)15-14(10)11-5-3-4-6-12(11)19-15/h3-8,17H,1-2H3/b16-9+. The van der Waals surface area contributed by atoms with Gasteiger partial charge in [-0.3, -0.25) is 0 Å². The summed E-state index contributed by atoms with van der Waals surface area (Å²) < 4.78 is 11.2. The van der Waals surface area contributed by atoms with Crippen LogP contribution >= 0.6 is 0 Å². The highest BCUT2D eigenvalue weighted by atomic mass is 16.5. The normalized spacial score (nSPS) is 12.2. The minimum atomic E-state index is 0.541. The monoisotopic (exact) mass is 255 g/mol. The van der Waals surface area contributed by atoms with Crippen molar-refractivity contribution in [3.8, 4) is 5.75 Å². The molecule has 0 amide bonds. The van der Waals surface area contributed by atoms with Crippen LogP contribution in [0.5, 0.6) is 5.75 Å². The summed E-state index contributed by atoms with van der Waals surface area (Å²) in [5.41, 5.74) is 2.83. The summed E-state index contributed by atoms with van der Waals surface area (Å²) in [4.78, 5) is 0. The van der Waals surface area contributed by atoms with Crippen molar-refractivity contribution in [3.63, 3.8) is 0 Å². The summed E-state index contributed by atoms with van der Waals surface area (Å²) >= 11 is 0. The highest BCUT2D eigenvalue weighted by Gasteiger charge is 2.16. The number of hydrogen-bond donors (Lipinski definition) is 1. The van der Waals surface area contributed by atoms with E-state index in [1.54, 1.807) is 14.0 Å². The van der Waals surface area contributed by atoms with Crippen molar-refractivity contribution < 1.29 is 14.4 Å². The van der Waals surface area contributed by atoms with Crippen LogP contribution in [-0.2, 0) is 0 Å². The van der Waals surface area contributed by atoms with Crippen LogP contribution in [0.3, 0.4) is 0 Å². The molecule has 19 heavy (non-hydrogen) atoms. The molecule has 0 aliphatic rings. The summed E-state index contributed by atoms with van der Waals surface area (Å²) in [5, 5.41) is 14.2. The van der Waals surface area contributed by atoms with Crippen LogP contribution in [0.25, 0.3) is 21.9 Å². The summed E-state index contributed by atoms with van der Waals surface area (Å²) in [6, 6.07) is 11.4. The van der Waals surface area contributed by atoms with E-state index in [1.165, 1.54) is 0 Å². The number of nitrogens with zero attached hydrogens (tertiary/aromatic N) is 1. The summed E-state index contributed by atoms with van der Waals surface area (Å²) in [6.07, 6.45) is 0. The Balaban J connectivity index is 2.52. The number of fused-ring (bicyclic) bond motifs is 3. The zero-order chi connectivity index (χ0) is 13.4. The van der Waals surface area contributed by atoms with E-state index in [0.717, 1.165) is 21.9 Å². The average molecular weight is 255 g/mol. The van der Waals surface area contributed by atoms with Crippen molar-refractivity contribution >= 4 is 27.7 Å². The summed E-state index contributed by atoms with van der Waals surface area (Å²) in [6.45, 7) is 1.75. The fourth-order valence-corrected chi connectivity index (χ4v) is 2.32. The predicted molar refractivity (Wildman–Crippen MR) is 74.3 cm³/mol. The van der Waals surface area contributed by atoms with E-state index in [2.05, 4.69) is 5.16 Å². The van der Waals surface area contributed by atoms with Crippen LogP contribution in [0.2, 0.25) is 0 Å². The molecule has 4 heteroatoms. The van der Waals surface area contributed by atoms with Crippen molar-refractivity contribution in [2.24, 2.45) is 5.16 Å². The lowest BCUT2D eigenvalue weighted by Crippen LogP contribution is -1.96. The van der Waals surface area contributed by atoms with Gasteiger partial charge in [0, 0.05) is 16.3 Å². The Hall–Kier alpha value is -2.49. The number of hydrogen-bond acceptors (Lipinski definition) is 4. The lowest BCUT2D eigenvalue weighted by Gasteiger charge is -2.05. The van der Waals surface area contributed by atoms with Crippen LogP contribution in [0.4, 0.5) is 0 Å². The van der Waals surface area contributed by atoms with Crippen LogP contribution in [-0.4, -0.2) is 18.0 Å².